The zero-order chi connectivity index (χ0) is 6.69. The van der Waals surface area contributed by atoms with Crippen LogP contribution in [0, 0.1) is 0 Å². The van der Waals surface area contributed by atoms with E-state index in [1.807, 2.05) is 30.3 Å². The Bertz CT molecular complexity index is 174. The van der Waals surface area contributed by atoms with E-state index in [9.17, 15) is 0 Å². The average molecular weight is 365 g/mol. The van der Waals surface area contributed by atoms with Crippen LogP contribution in [-0.2, 0) is 0 Å². The summed E-state index contributed by atoms with van der Waals surface area (Å²) in [5.74, 6) is 0. The summed E-state index contributed by atoms with van der Waals surface area (Å²) in [6, 6.07) is 9.95. The van der Waals surface area contributed by atoms with Gasteiger partial charge in [-0.05, 0) is 5.56 Å². The molecule has 0 unspecified atom stereocenters. The molecule has 0 saturated carbocycles. The van der Waals surface area contributed by atoms with Crippen LogP contribution < -0.4 is 0 Å². The van der Waals surface area contributed by atoms with E-state index in [-0.39, 0.29) is 30.8 Å². The molecule has 0 nitrogen and oxygen atoms in total. The van der Waals surface area contributed by atoms with E-state index in [1.165, 1.54) is 0 Å². The Morgan fingerprint density at radius 1 is 1.00 bits per heavy atom. The zero-order valence-electron chi connectivity index (χ0n) is 5.31. The van der Waals surface area contributed by atoms with Gasteiger partial charge in [0, 0.05) is 26.2 Å². The van der Waals surface area contributed by atoms with Crippen LogP contribution >= 0.6 is 25.3 Å². The van der Waals surface area contributed by atoms with Gasteiger partial charge in [-0.3, -0.25) is 0 Å². The molecule has 3 heteroatoms. The first-order valence-electron chi connectivity index (χ1n) is 2.72. The van der Waals surface area contributed by atoms with Crippen LogP contribution in [0.5, 0.6) is 0 Å². The molecule has 0 fully saturated rings. The predicted octanol–water partition coefficient (Wildman–Crippen LogP) is 2.16. The van der Waals surface area contributed by atoms with Gasteiger partial charge in [0.2, 0.25) is 0 Å². The van der Waals surface area contributed by atoms with Gasteiger partial charge in [0.1, 0.15) is 0 Å². The molecule has 1 aromatic carbocycles. The smallest absolute Gasteiger partial charge is 0.0692 e. The third kappa shape index (κ3) is 3.27. The topological polar surface area (TPSA) is 0 Å². The molecule has 0 heterocycles. The van der Waals surface area contributed by atoms with Crippen molar-refractivity contribution in [2.45, 2.75) is 4.58 Å². The van der Waals surface area contributed by atoms with E-state index < -0.39 is 0 Å². The molecule has 10 heavy (non-hydrogen) atoms. The first-order valence-corrected chi connectivity index (χ1v) is 3.75. The second-order valence-electron chi connectivity index (χ2n) is 1.78. The van der Waals surface area contributed by atoms with Gasteiger partial charge in [-0.2, -0.15) is 25.3 Å². The minimum atomic E-state index is 0. The Labute approximate surface area is 91.4 Å². The molecule has 0 aliphatic carbocycles. The van der Waals surface area contributed by atoms with Crippen LogP contribution in [0.25, 0.3) is 0 Å². The van der Waals surface area contributed by atoms with Gasteiger partial charge in [0.05, 0.1) is 4.58 Å². The van der Waals surface area contributed by atoms with Gasteiger partial charge in [-0.1, -0.05) is 30.3 Å². The van der Waals surface area contributed by atoms with Gasteiger partial charge in [-0.25, -0.2) is 0 Å². The van der Waals surface area contributed by atoms with E-state index in [0.717, 1.165) is 5.56 Å². The van der Waals surface area contributed by atoms with Crippen molar-refractivity contribution < 1.29 is 0 Å². The van der Waals surface area contributed by atoms with Crippen LogP contribution in [0.4, 0.5) is 0 Å². The monoisotopic (exact) mass is 365 g/mol. The Kier molecular flexibility index (Phi) is 5.89. The predicted molar refractivity (Wildman–Crippen MR) is 52.9 cm³/mol. The van der Waals surface area contributed by atoms with Crippen molar-refractivity contribution in [2.75, 3.05) is 0 Å². The number of hydrogen-bond donors (Lipinski definition) is 2. The quantitative estimate of drug-likeness (QED) is 0.426. The Hall–Kier alpha value is 0.803. The van der Waals surface area contributed by atoms with Crippen molar-refractivity contribution >= 4 is 51.5 Å². The van der Waals surface area contributed by atoms with Crippen LogP contribution in [0.15, 0.2) is 30.3 Å². The maximum atomic E-state index is 4.15. The van der Waals surface area contributed by atoms with Crippen LogP contribution in [0.2, 0.25) is 0 Å². The molecule has 1 aromatic rings. The van der Waals surface area contributed by atoms with E-state index in [0.29, 0.717) is 0 Å². The maximum Gasteiger partial charge on any atom is 0.0692 e. The maximum absolute atomic E-state index is 4.15. The minimum Gasteiger partial charge on any atom is -0.160 e. The molecule has 0 spiro atoms. The molecule has 0 aliphatic heterocycles. The first-order chi connectivity index (χ1) is 4.30. The van der Waals surface area contributed by atoms with Crippen molar-refractivity contribution in [2.24, 2.45) is 0 Å². The van der Waals surface area contributed by atoms with Crippen molar-refractivity contribution in [1.82, 2.24) is 0 Å². The molecule has 0 amide bonds. The molecule has 0 N–H and O–H groups in total. The van der Waals surface area contributed by atoms with Gasteiger partial charge in [0.15, 0.2) is 0 Å². The minimum absolute atomic E-state index is 0. The summed E-state index contributed by atoms with van der Waals surface area (Å²) in [6.45, 7) is 0. The summed E-state index contributed by atoms with van der Waals surface area (Å²) in [4.78, 5) is 0. The van der Waals surface area contributed by atoms with Gasteiger partial charge in [0.25, 0.3) is 0 Å². The SMILES string of the molecule is SC(S)c1ccccc1.[Bi]. The number of benzene rings is 1. The molecule has 0 saturated heterocycles. The van der Waals surface area contributed by atoms with Crippen molar-refractivity contribution in [1.29, 1.82) is 0 Å². The second kappa shape index (κ2) is 5.45. The molecular formula is C7H8BiS2. The van der Waals surface area contributed by atoms with Gasteiger partial charge < -0.3 is 0 Å². The summed E-state index contributed by atoms with van der Waals surface area (Å²) in [6.07, 6.45) is 0. The molecule has 3 radical (unpaired) electrons. The molecule has 0 atom stereocenters. The largest absolute Gasteiger partial charge is 0.160 e. The molecule has 53 valence electrons. The van der Waals surface area contributed by atoms with Crippen molar-refractivity contribution in [3.63, 3.8) is 0 Å². The molecule has 0 bridgehead atoms. The second-order valence-corrected chi connectivity index (χ2v) is 3.22. The van der Waals surface area contributed by atoms with Gasteiger partial charge >= 0.3 is 0 Å². The van der Waals surface area contributed by atoms with Crippen LogP contribution in [-0.4, -0.2) is 26.2 Å². The molecule has 0 aliphatic rings. The van der Waals surface area contributed by atoms with Crippen molar-refractivity contribution in [3.8, 4) is 0 Å². The molecular weight excluding hydrogens is 357 g/mol. The van der Waals surface area contributed by atoms with Crippen molar-refractivity contribution in [3.05, 3.63) is 35.9 Å². The fourth-order valence-corrected chi connectivity index (χ4v) is 0.969. The third-order valence-electron chi connectivity index (χ3n) is 1.10. The van der Waals surface area contributed by atoms with Crippen LogP contribution in [0.1, 0.15) is 10.1 Å². The van der Waals surface area contributed by atoms with Crippen LogP contribution in [0.3, 0.4) is 0 Å². The van der Waals surface area contributed by atoms with E-state index in [2.05, 4.69) is 25.3 Å². The van der Waals surface area contributed by atoms with E-state index >= 15 is 0 Å². The van der Waals surface area contributed by atoms with E-state index in [1.54, 1.807) is 0 Å². The summed E-state index contributed by atoms with van der Waals surface area (Å²) in [5, 5.41) is 0. The Morgan fingerprint density at radius 3 is 1.80 bits per heavy atom. The summed E-state index contributed by atoms with van der Waals surface area (Å²) >= 11 is 8.30. The zero-order valence-corrected chi connectivity index (χ0v) is 10.6. The number of rotatable bonds is 1. The average Bonchev–Trinajstić information content (AvgIpc) is 1.90. The number of thiol groups is 2. The Balaban J connectivity index is 0.000000810. The normalized spacial score (nSPS) is 9.10. The first kappa shape index (κ1) is 10.8. The summed E-state index contributed by atoms with van der Waals surface area (Å²) in [7, 11) is 0. The van der Waals surface area contributed by atoms with Gasteiger partial charge in [-0.15, -0.1) is 0 Å². The summed E-state index contributed by atoms with van der Waals surface area (Å²) < 4.78 is 0.0474. The fraction of sp³-hybridized carbons (Fsp3) is 0.143. The number of hydrogen-bond acceptors (Lipinski definition) is 2. The third-order valence-corrected chi connectivity index (χ3v) is 1.69. The summed E-state index contributed by atoms with van der Waals surface area (Å²) in [5.41, 5.74) is 1.14. The molecule has 0 aromatic heterocycles. The Morgan fingerprint density at radius 2 is 1.50 bits per heavy atom. The molecule has 1 rings (SSSR count). The van der Waals surface area contributed by atoms with E-state index in [4.69, 9.17) is 0 Å². The fourth-order valence-electron chi connectivity index (χ4n) is 0.625. The standard InChI is InChI=1S/C7H8S2.Bi/c8-7(9)6-4-2-1-3-5-6;/h1-5,7-9H;.